The molecule has 8 nitrogen and oxygen atoms in total. The summed E-state index contributed by atoms with van der Waals surface area (Å²) in [5.41, 5.74) is 4.52. The van der Waals surface area contributed by atoms with Crippen molar-refractivity contribution in [3.8, 4) is 5.88 Å². The second kappa shape index (κ2) is 9.82. The van der Waals surface area contributed by atoms with Crippen LogP contribution in [0.5, 0.6) is 5.88 Å². The zero-order valence-corrected chi connectivity index (χ0v) is 18.8. The molecule has 0 saturated carbocycles. The molecule has 0 saturated heterocycles. The van der Waals surface area contributed by atoms with Crippen LogP contribution >= 0.6 is 11.6 Å². The van der Waals surface area contributed by atoms with Crippen LogP contribution in [0.2, 0.25) is 5.02 Å². The number of nitrogens with one attached hydrogen (secondary N) is 3. The molecule has 2 aromatic heterocycles. The summed E-state index contributed by atoms with van der Waals surface area (Å²) < 4.78 is 5.19. The second-order valence-electron chi connectivity index (χ2n) is 7.54. The van der Waals surface area contributed by atoms with E-state index in [-0.39, 0.29) is 5.91 Å². The first kappa shape index (κ1) is 21.8. The maximum atomic E-state index is 12.2. The van der Waals surface area contributed by atoms with Gasteiger partial charge in [0, 0.05) is 25.0 Å². The molecule has 2 heterocycles. The lowest BCUT2D eigenvalue weighted by molar-refractivity contribution is 0.0963. The maximum absolute atomic E-state index is 12.2. The number of aryl methyl sites for hydroxylation is 2. The summed E-state index contributed by atoms with van der Waals surface area (Å²) in [6, 6.07) is 8.01. The van der Waals surface area contributed by atoms with Gasteiger partial charge in [-0.1, -0.05) is 24.1 Å². The molecule has 1 amide bonds. The van der Waals surface area contributed by atoms with E-state index >= 15 is 0 Å². The minimum atomic E-state index is -0.295. The van der Waals surface area contributed by atoms with Gasteiger partial charge in [-0.25, -0.2) is 9.97 Å². The van der Waals surface area contributed by atoms with Gasteiger partial charge in [-0.3, -0.25) is 4.79 Å². The van der Waals surface area contributed by atoms with Crippen LogP contribution in [-0.2, 0) is 12.8 Å². The summed E-state index contributed by atoms with van der Waals surface area (Å²) >= 11 is 6.34. The predicted molar refractivity (Wildman–Crippen MR) is 125 cm³/mol. The van der Waals surface area contributed by atoms with Crippen molar-refractivity contribution in [2.24, 2.45) is 0 Å². The molecule has 1 aliphatic carbocycles. The largest absolute Gasteiger partial charge is 0.481 e. The predicted octanol–water partition coefficient (Wildman–Crippen LogP) is 4.65. The molecule has 4 rings (SSSR count). The Morgan fingerprint density at radius 3 is 2.62 bits per heavy atom. The van der Waals surface area contributed by atoms with Gasteiger partial charge in [-0.15, -0.1) is 0 Å². The van der Waals surface area contributed by atoms with E-state index in [2.05, 4.69) is 43.0 Å². The van der Waals surface area contributed by atoms with Crippen molar-refractivity contribution in [1.82, 2.24) is 20.3 Å². The van der Waals surface area contributed by atoms with Gasteiger partial charge in [0.2, 0.25) is 11.8 Å². The number of benzene rings is 1. The molecule has 0 aliphatic heterocycles. The van der Waals surface area contributed by atoms with Gasteiger partial charge in [-0.2, -0.15) is 4.98 Å². The maximum Gasteiger partial charge on any atom is 0.254 e. The minimum absolute atomic E-state index is 0.295. The highest BCUT2D eigenvalue weighted by molar-refractivity contribution is 6.33. The summed E-state index contributed by atoms with van der Waals surface area (Å²) in [7, 11) is 3.06. The first-order chi connectivity index (χ1) is 15.6. The Morgan fingerprint density at radius 2 is 1.84 bits per heavy atom. The number of hydrogen-bond donors (Lipinski definition) is 3. The second-order valence-corrected chi connectivity index (χ2v) is 7.94. The molecule has 0 bridgehead atoms. The summed E-state index contributed by atoms with van der Waals surface area (Å²) in [5.74, 6) is 0.815. The van der Waals surface area contributed by atoms with Gasteiger partial charge in [0.1, 0.15) is 5.02 Å². The van der Waals surface area contributed by atoms with Crippen molar-refractivity contribution in [2.75, 3.05) is 24.8 Å². The Labute approximate surface area is 191 Å². The Hall–Kier alpha value is -3.39. The molecule has 1 aromatic carbocycles. The minimum Gasteiger partial charge on any atom is -0.481 e. The average Bonchev–Trinajstić information content (AvgIpc) is 3.05. The lowest BCUT2D eigenvalue weighted by atomic mass is 10.0. The van der Waals surface area contributed by atoms with E-state index in [9.17, 15) is 4.79 Å². The number of rotatable bonds is 6. The molecular formula is C23H25ClN6O2. The van der Waals surface area contributed by atoms with Crippen LogP contribution in [0.3, 0.4) is 0 Å². The standard InChI is InChI=1S/C23H25ClN6O2/c1-25-22(31)17-12-26-20(32-2)11-19(17)29-21-18(24)13-27-23(30-21)28-16-9-8-14-6-4-3-5-7-15(14)10-16/h8-13H,3-7H2,1-2H3,(H,25,31)(H2,26,27,28,29,30). The average molecular weight is 453 g/mol. The summed E-state index contributed by atoms with van der Waals surface area (Å²) in [4.78, 5) is 25.2. The number of carbonyl (C=O) groups is 1. The molecule has 0 atom stereocenters. The quantitative estimate of drug-likeness (QED) is 0.468. The lowest BCUT2D eigenvalue weighted by Crippen LogP contribution is -2.19. The van der Waals surface area contributed by atoms with Crippen LogP contribution in [0.15, 0.2) is 36.7 Å². The molecule has 3 N–H and O–H groups in total. The van der Waals surface area contributed by atoms with Crippen molar-refractivity contribution in [2.45, 2.75) is 32.1 Å². The first-order valence-electron chi connectivity index (χ1n) is 10.5. The van der Waals surface area contributed by atoms with E-state index in [0.29, 0.717) is 33.9 Å². The summed E-state index contributed by atoms with van der Waals surface area (Å²) in [6.45, 7) is 0. The van der Waals surface area contributed by atoms with Crippen LogP contribution in [0.4, 0.5) is 23.1 Å². The molecule has 9 heteroatoms. The number of nitrogens with zero attached hydrogens (tertiary/aromatic N) is 3. The number of amides is 1. The monoisotopic (exact) mass is 452 g/mol. The number of hydrogen-bond acceptors (Lipinski definition) is 7. The fraction of sp³-hybridized carbons (Fsp3) is 0.304. The Morgan fingerprint density at radius 1 is 1.03 bits per heavy atom. The summed E-state index contributed by atoms with van der Waals surface area (Å²) in [5, 5.41) is 9.28. The fourth-order valence-electron chi connectivity index (χ4n) is 3.73. The number of carbonyl (C=O) groups excluding carboxylic acids is 1. The third-order valence-corrected chi connectivity index (χ3v) is 5.69. The molecule has 0 spiro atoms. The first-order valence-corrected chi connectivity index (χ1v) is 10.9. The van der Waals surface area contributed by atoms with E-state index in [0.717, 1.165) is 18.5 Å². The zero-order chi connectivity index (χ0) is 22.5. The van der Waals surface area contributed by atoms with Crippen molar-refractivity contribution in [3.63, 3.8) is 0 Å². The lowest BCUT2D eigenvalue weighted by Gasteiger charge is -2.14. The van der Waals surface area contributed by atoms with Gasteiger partial charge < -0.3 is 20.7 Å². The van der Waals surface area contributed by atoms with Gasteiger partial charge >= 0.3 is 0 Å². The fourth-order valence-corrected chi connectivity index (χ4v) is 3.86. The Bertz CT molecular complexity index is 1140. The smallest absolute Gasteiger partial charge is 0.254 e. The topological polar surface area (TPSA) is 101 Å². The normalized spacial score (nSPS) is 13.0. The SMILES string of the molecule is CNC(=O)c1cnc(OC)cc1Nc1nc(Nc2ccc3c(c2)CCCCC3)ncc1Cl. The van der Waals surface area contributed by atoms with Crippen LogP contribution in [0.1, 0.15) is 40.7 Å². The van der Waals surface area contributed by atoms with Crippen molar-refractivity contribution >= 4 is 40.6 Å². The number of methoxy groups -OCH3 is 1. The molecule has 0 unspecified atom stereocenters. The van der Waals surface area contributed by atoms with Crippen LogP contribution in [0, 0.1) is 0 Å². The van der Waals surface area contributed by atoms with E-state index in [1.165, 1.54) is 49.9 Å². The molecule has 0 fully saturated rings. The van der Waals surface area contributed by atoms with Crippen molar-refractivity contribution < 1.29 is 9.53 Å². The van der Waals surface area contributed by atoms with Gasteiger partial charge in [0.05, 0.1) is 24.6 Å². The molecule has 0 radical (unpaired) electrons. The molecule has 1 aliphatic rings. The number of anilines is 4. The van der Waals surface area contributed by atoms with Crippen LogP contribution < -0.4 is 20.7 Å². The van der Waals surface area contributed by atoms with E-state index < -0.39 is 0 Å². The number of ether oxygens (including phenoxy) is 1. The third-order valence-electron chi connectivity index (χ3n) is 5.41. The third kappa shape index (κ3) is 4.91. The highest BCUT2D eigenvalue weighted by atomic mass is 35.5. The number of halogens is 1. The van der Waals surface area contributed by atoms with E-state index in [4.69, 9.17) is 16.3 Å². The van der Waals surface area contributed by atoms with Gasteiger partial charge in [0.25, 0.3) is 5.91 Å². The Kier molecular flexibility index (Phi) is 6.70. The molecule has 3 aromatic rings. The number of fused-ring (bicyclic) bond motifs is 1. The van der Waals surface area contributed by atoms with Crippen LogP contribution in [-0.4, -0.2) is 35.0 Å². The Balaban J connectivity index is 1.60. The van der Waals surface area contributed by atoms with E-state index in [1.807, 2.05) is 6.07 Å². The summed E-state index contributed by atoms with van der Waals surface area (Å²) in [6.07, 6.45) is 8.89. The van der Waals surface area contributed by atoms with E-state index in [1.54, 1.807) is 13.1 Å². The van der Waals surface area contributed by atoms with Crippen LogP contribution in [0.25, 0.3) is 0 Å². The molecule has 32 heavy (non-hydrogen) atoms. The van der Waals surface area contributed by atoms with Crippen molar-refractivity contribution in [3.05, 3.63) is 58.4 Å². The highest BCUT2D eigenvalue weighted by Gasteiger charge is 2.16. The van der Waals surface area contributed by atoms with Crippen molar-refractivity contribution in [1.29, 1.82) is 0 Å². The highest BCUT2D eigenvalue weighted by Crippen LogP contribution is 2.29. The van der Waals surface area contributed by atoms with Gasteiger partial charge in [-0.05, 0) is 48.9 Å². The number of aromatic nitrogens is 3. The molecule has 166 valence electrons. The molecular weight excluding hydrogens is 428 g/mol. The number of pyridine rings is 1. The van der Waals surface area contributed by atoms with Gasteiger partial charge in [0.15, 0.2) is 5.82 Å². The zero-order valence-electron chi connectivity index (χ0n) is 18.0.